The zero-order chi connectivity index (χ0) is 11.7. The van der Waals surface area contributed by atoms with Crippen molar-refractivity contribution in [1.82, 2.24) is 0 Å². The molecule has 0 unspecified atom stereocenters. The highest BCUT2D eigenvalue weighted by atomic mass is 79.9. The number of aryl methyl sites for hydroxylation is 1. The zero-order valence-electron chi connectivity index (χ0n) is 8.46. The van der Waals surface area contributed by atoms with E-state index in [-0.39, 0.29) is 17.4 Å². The first-order valence-corrected chi connectivity index (χ1v) is 5.42. The van der Waals surface area contributed by atoms with Gasteiger partial charge < -0.3 is 4.42 Å². The van der Waals surface area contributed by atoms with Gasteiger partial charge in [0.05, 0.1) is 10.7 Å². The SMILES string of the molecule is Cc1cc(F)ccc1C(=O)c1occc1Br. The van der Waals surface area contributed by atoms with Crippen molar-refractivity contribution in [1.29, 1.82) is 0 Å². The fraction of sp³-hybridized carbons (Fsp3) is 0.0833. The van der Waals surface area contributed by atoms with Gasteiger partial charge in [-0.05, 0) is 52.7 Å². The fourth-order valence-corrected chi connectivity index (χ4v) is 1.84. The lowest BCUT2D eigenvalue weighted by Gasteiger charge is -2.03. The van der Waals surface area contributed by atoms with Gasteiger partial charge >= 0.3 is 0 Å². The molecule has 2 aromatic rings. The average molecular weight is 283 g/mol. The smallest absolute Gasteiger partial charge is 0.229 e. The molecule has 1 aromatic heterocycles. The molecule has 0 spiro atoms. The molecular weight excluding hydrogens is 275 g/mol. The summed E-state index contributed by atoms with van der Waals surface area (Å²) in [5.74, 6) is -0.378. The van der Waals surface area contributed by atoms with Crippen molar-refractivity contribution in [2.24, 2.45) is 0 Å². The molecule has 0 bridgehead atoms. The molecule has 1 aromatic carbocycles. The molecule has 82 valence electrons. The lowest BCUT2D eigenvalue weighted by atomic mass is 10.0. The number of furan rings is 1. The predicted octanol–water partition coefficient (Wildman–Crippen LogP) is 3.72. The molecule has 0 amide bonds. The van der Waals surface area contributed by atoms with Crippen LogP contribution < -0.4 is 0 Å². The molecule has 0 aliphatic heterocycles. The van der Waals surface area contributed by atoms with Gasteiger partial charge in [0, 0.05) is 5.56 Å². The Morgan fingerprint density at radius 2 is 2.12 bits per heavy atom. The molecule has 0 atom stereocenters. The zero-order valence-corrected chi connectivity index (χ0v) is 10.0. The first-order valence-electron chi connectivity index (χ1n) is 4.63. The molecule has 4 heteroatoms. The van der Waals surface area contributed by atoms with Gasteiger partial charge in [0.2, 0.25) is 5.78 Å². The van der Waals surface area contributed by atoms with Gasteiger partial charge in [0.15, 0.2) is 5.76 Å². The summed E-state index contributed by atoms with van der Waals surface area (Å²) < 4.78 is 18.6. The summed E-state index contributed by atoms with van der Waals surface area (Å²) in [5.41, 5.74) is 1.03. The average Bonchev–Trinajstić information content (AvgIpc) is 2.63. The number of benzene rings is 1. The molecule has 2 nitrogen and oxygen atoms in total. The Hall–Kier alpha value is -1.42. The van der Waals surface area contributed by atoms with Crippen molar-refractivity contribution in [2.75, 3.05) is 0 Å². The summed E-state index contributed by atoms with van der Waals surface area (Å²) >= 11 is 3.21. The van der Waals surface area contributed by atoms with Crippen LogP contribution >= 0.6 is 15.9 Å². The molecule has 16 heavy (non-hydrogen) atoms. The van der Waals surface area contributed by atoms with Gasteiger partial charge in [-0.15, -0.1) is 0 Å². The van der Waals surface area contributed by atoms with Gasteiger partial charge in [-0.25, -0.2) is 4.39 Å². The highest BCUT2D eigenvalue weighted by molar-refractivity contribution is 9.10. The molecular formula is C12H8BrFO2. The van der Waals surface area contributed by atoms with E-state index in [0.717, 1.165) is 0 Å². The minimum atomic E-state index is -0.354. The Bertz CT molecular complexity index is 546. The van der Waals surface area contributed by atoms with Crippen LogP contribution in [0.3, 0.4) is 0 Å². The molecule has 0 saturated carbocycles. The van der Waals surface area contributed by atoms with Crippen LogP contribution in [0.1, 0.15) is 21.7 Å². The molecule has 0 N–H and O–H groups in total. The molecule has 0 saturated heterocycles. The minimum Gasteiger partial charge on any atom is -0.460 e. The van der Waals surface area contributed by atoms with Gasteiger partial charge in [-0.2, -0.15) is 0 Å². The predicted molar refractivity (Wildman–Crippen MR) is 61.0 cm³/mol. The second kappa shape index (κ2) is 4.22. The van der Waals surface area contributed by atoms with Crippen molar-refractivity contribution in [3.05, 3.63) is 57.7 Å². The lowest BCUT2D eigenvalue weighted by Crippen LogP contribution is -2.03. The largest absolute Gasteiger partial charge is 0.460 e. The molecule has 1 heterocycles. The number of hydrogen-bond acceptors (Lipinski definition) is 2. The summed E-state index contributed by atoms with van der Waals surface area (Å²) in [7, 11) is 0. The summed E-state index contributed by atoms with van der Waals surface area (Å²) in [6, 6.07) is 5.69. The Kier molecular flexibility index (Phi) is 2.92. The number of carbonyl (C=O) groups is 1. The van der Waals surface area contributed by atoms with Gasteiger partial charge in [0.1, 0.15) is 5.82 Å². The number of ketones is 1. The number of hydrogen-bond donors (Lipinski definition) is 0. The monoisotopic (exact) mass is 282 g/mol. The first kappa shape index (κ1) is 11.1. The second-order valence-corrected chi connectivity index (χ2v) is 4.24. The molecule has 0 aliphatic rings. The Balaban J connectivity index is 2.46. The van der Waals surface area contributed by atoms with E-state index in [1.165, 1.54) is 24.5 Å². The third kappa shape index (κ3) is 1.93. The van der Waals surface area contributed by atoms with Crippen molar-refractivity contribution >= 4 is 21.7 Å². The standard InChI is InChI=1S/C12H8BrFO2/c1-7-6-8(14)2-3-9(7)11(15)12-10(13)4-5-16-12/h2-6H,1H3. The van der Waals surface area contributed by atoms with E-state index in [1.807, 2.05) is 0 Å². The van der Waals surface area contributed by atoms with Gasteiger partial charge in [-0.3, -0.25) is 4.79 Å². The molecule has 0 fully saturated rings. The van der Waals surface area contributed by atoms with Crippen LogP contribution in [-0.4, -0.2) is 5.78 Å². The molecule has 0 aliphatic carbocycles. The third-order valence-corrected chi connectivity index (χ3v) is 2.88. The highest BCUT2D eigenvalue weighted by Gasteiger charge is 2.17. The fourth-order valence-electron chi connectivity index (χ4n) is 1.46. The van der Waals surface area contributed by atoms with Crippen molar-refractivity contribution in [2.45, 2.75) is 6.92 Å². The van der Waals surface area contributed by atoms with Crippen LogP contribution in [0.2, 0.25) is 0 Å². The van der Waals surface area contributed by atoms with Crippen molar-refractivity contribution < 1.29 is 13.6 Å². The van der Waals surface area contributed by atoms with E-state index in [2.05, 4.69) is 15.9 Å². The third-order valence-electron chi connectivity index (χ3n) is 2.26. The molecule has 2 rings (SSSR count). The van der Waals surface area contributed by atoms with Crippen molar-refractivity contribution in [3.63, 3.8) is 0 Å². The van der Waals surface area contributed by atoms with E-state index in [4.69, 9.17) is 4.42 Å². The summed E-state index contributed by atoms with van der Waals surface area (Å²) in [5, 5.41) is 0. The second-order valence-electron chi connectivity index (χ2n) is 3.39. The van der Waals surface area contributed by atoms with E-state index in [0.29, 0.717) is 15.6 Å². The number of rotatable bonds is 2. The van der Waals surface area contributed by atoms with Crippen LogP contribution in [0.15, 0.2) is 39.4 Å². The van der Waals surface area contributed by atoms with Crippen LogP contribution in [0.5, 0.6) is 0 Å². The van der Waals surface area contributed by atoms with Crippen molar-refractivity contribution in [3.8, 4) is 0 Å². The topological polar surface area (TPSA) is 30.2 Å². The minimum absolute atomic E-state index is 0.231. The Morgan fingerprint density at radius 3 is 2.69 bits per heavy atom. The number of carbonyl (C=O) groups excluding carboxylic acids is 1. The summed E-state index contributed by atoms with van der Waals surface area (Å²) in [6.45, 7) is 1.69. The number of halogens is 2. The van der Waals surface area contributed by atoms with Gasteiger partial charge in [-0.1, -0.05) is 0 Å². The lowest BCUT2D eigenvalue weighted by molar-refractivity contribution is 0.101. The van der Waals surface area contributed by atoms with Crippen LogP contribution in [0.25, 0.3) is 0 Å². The van der Waals surface area contributed by atoms with Crippen LogP contribution in [0.4, 0.5) is 4.39 Å². The first-order chi connectivity index (χ1) is 7.59. The van der Waals surface area contributed by atoms with E-state index < -0.39 is 0 Å². The van der Waals surface area contributed by atoms with Crippen LogP contribution in [-0.2, 0) is 0 Å². The highest BCUT2D eigenvalue weighted by Crippen LogP contribution is 2.22. The van der Waals surface area contributed by atoms with Gasteiger partial charge in [0.25, 0.3) is 0 Å². The quantitative estimate of drug-likeness (QED) is 0.786. The van der Waals surface area contributed by atoms with E-state index in [9.17, 15) is 9.18 Å². The van der Waals surface area contributed by atoms with Crippen LogP contribution in [0, 0.1) is 12.7 Å². The summed E-state index contributed by atoms with van der Waals surface area (Å²) in [4.78, 5) is 12.0. The maximum atomic E-state index is 12.9. The normalized spacial score (nSPS) is 10.4. The maximum Gasteiger partial charge on any atom is 0.229 e. The van der Waals surface area contributed by atoms with E-state index in [1.54, 1.807) is 13.0 Å². The van der Waals surface area contributed by atoms with E-state index >= 15 is 0 Å². The molecule has 0 radical (unpaired) electrons. The maximum absolute atomic E-state index is 12.9. The Morgan fingerprint density at radius 1 is 1.38 bits per heavy atom. The summed E-state index contributed by atoms with van der Waals surface area (Å²) in [6.07, 6.45) is 1.43. The Labute approximate surface area is 100 Å².